The molecule has 254 valence electrons. The number of carbonyl (C=O) groups excluding carboxylic acids is 4. The standard InChI is InChI=1S/C32H40N10O6/c33-21(8-5-11-37-32(35)36)28(44)40-24(12-17-15-38-22-9-3-1-6-19(17)22)29(45)41-25(14-27(34)43)30(46)42-26(31(47)48)13-18-16-39-23-10-4-2-7-20(18)23/h1-4,6-7,9-10,15-16,21,24-26,38-39H,5,8,11-14,33H2,(H2,34,43)(H,40,44)(H,41,45)(H,42,46)(H,47,48)(H4,35,36,37). The fraction of sp³-hybridized carbons (Fsp3) is 0.312. The third kappa shape index (κ3) is 9.32. The van der Waals surface area contributed by atoms with Crippen molar-refractivity contribution >= 4 is 57.4 Å². The number of nitrogens with two attached hydrogens (primary N) is 4. The Labute approximate surface area is 275 Å². The van der Waals surface area contributed by atoms with Crippen molar-refractivity contribution in [2.24, 2.45) is 27.9 Å². The van der Waals surface area contributed by atoms with Gasteiger partial charge in [-0.25, -0.2) is 4.79 Å². The molecule has 0 bridgehead atoms. The van der Waals surface area contributed by atoms with Crippen LogP contribution in [0.3, 0.4) is 0 Å². The molecule has 0 fully saturated rings. The lowest BCUT2D eigenvalue weighted by Crippen LogP contribution is -2.58. The van der Waals surface area contributed by atoms with Crippen molar-refractivity contribution in [1.29, 1.82) is 0 Å². The number of H-pyrrole nitrogens is 2. The summed E-state index contributed by atoms with van der Waals surface area (Å²) in [5, 5.41) is 19.1. The van der Waals surface area contributed by atoms with Crippen molar-refractivity contribution in [2.45, 2.75) is 56.3 Å². The molecule has 0 aliphatic rings. The Morgan fingerprint density at radius 1 is 0.729 bits per heavy atom. The van der Waals surface area contributed by atoms with Gasteiger partial charge in [0.05, 0.1) is 12.5 Å². The van der Waals surface area contributed by atoms with Gasteiger partial charge in [-0.15, -0.1) is 0 Å². The number of amides is 4. The molecular weight excluding hydrogens is 620 g/mol. The van der Waals surface area contributed by atoms with Gasteiger partial charge in [-0.1, -0.05) is 36.4 Å². The first-order valence-corrected chi connectivity index (χ1v) is 15.3. The molecule has 0 aliphatic heterocycles. The normalized spacial score (nSPS) is 13.6. The van der Waals surface area contributed by atoms with Crippen LogP contribution in [0.4, 0.5) is 0 Å². The molecule has 0 spiro atoms. The number of hydrogen-bond donors (Lipinski definition) is 10. The van der Waals surface area contributed by atoms with Gasteiger partial charge < -0.3 is 54.0 Å². The van der Waals surface area contributed by atoms with Gasteiger partial charge in [-0.05, 0) is 36.1 Å². The SMILES string of the molecule is NC(=O)CC(NC(=O)C(Cc1c[nH]c2ccccc12)NC(=O)C(N)CCCN=C(N)N)C(=O)NC(Cc1c[nH]c2ccccc12)C(=O)O. The van der Waals surface area contributed by atoms with Gasteiger partial charge in [0.1, 0.15) is 18.1 Å². The van der Waals surface area contributed by atoms with Crippen LogP contribution in [0.2, 0.25) is 0 Å². The molecule has 4 unspecified atom stereocenters. The van der Waals surface area contributed by atoms with Crippen molar-refractivity contribution < 1.29 is 29.1 Å². The van der Waals surface area contributed by atoms with Gasteiger partial charge in [0.25, 0.3) is 0 Å². The molecular formula is C32H40N10O6. The number of aliphatic carboxylic acids is 1. The van der Waals surface area contributed by atoms with Crippen molar-refractivity contribution in [2.75, 3.05) is 6.54 Å². The van der Waals surface area contributed by atoms with Crippen LogP contribution >= 0.6 is 0 Å². The topological polar surface area (TPSA) is 290 Å². The smallest absolute Gasteiger partial charge is 0.326 e. The number of aliphatic imine (C=N–C) groups is 1. The number of hydrogen-bond acceptors (Lipinski definition) is 7. The Bertz CT molecular complexity index is 1810. The van der Waals surface area contributed by atoms with Crippen LogP contribution in [-0.2, 0) is 36.8 Å². The monoisotopic (exact) mass is 660 g/mol. The van der Waals surface area contributed by atoms with E-state index in [2.05, 4.69) is 30.9 Å². The number of carboxylic acid groups (broad SMARTS) is 1. The first-order valence-electron chi connectivity index (χ1n) is 15.3. The zero-order valence-corrected chi connectivity index (χ0v) is 26.1. The van der Waals surface area contributed by atoms with Gasteiger partial charge >= 0.3 is 5.97 Å². The summed E-state index contributed by atoms with van der Waals surface area (Å²) in [5.74, 6) is -4.73. The van der Waals surface area contributed by atoms with E-state index in [0.717, 1.165) is 21.8 Å². The molecule has 48 heavy (non-hydrogen) atoms. The second-order valence-electron chi connectivity index (χ2n) is 11.4. The van der Waals surface area contributed by atoms with Gasteiger partial charge in [-0.2, -0.15) is 0 Å². The van der Waals surface area contributed by atoms with E-state index in [-0.39, 0.29) is 31.8 Å². The predicted octanol–water partition coefficient (Wildman–Crippen LogP) is -0.770. The minimum Gasteiger partial charge on any atom is -0.480 e. The summed E-state index contributed by atoms with van der Waals surface area (Å²) in [6.07, 6.45) is 3.24. The average Bonchev–Trinajstić information content (AvgIpc) is 3.65. The largest absolute Gasteiger partial charge is 0.480 e. The first-order chi connectivity index (χ1) is 22.9. The van der Waals surface area contributed by atoms with Gasteiger partial charge in [0.2, 0.25) is 23.6 Å². The Kier molecular flexibility index (Phi) is 11.7. The second kappa shape index (κ2) is 16.1. The highest BCUT2D eigenvalue weighted by atomic mass is 16.4. The maximum Gasteiger partial charge on any atom is 0.326 e. The number of aromatic nitrogens is 2. The van der Waals surface area contributed by atoms with Crippen LogP contribution in [0.1, 0.15) is 30.4 Å². The maximum absolute atomic E-state index is 13.7. The number of carbonyl (C=O) groups is 5. The number of nitrogens with one attached hydrogen (secondary N) is 5. The second-order valence-corrected chi connectivity index (χ2v) is 11.4. The highest BCUT2D eigenvalue weighted by molar-refractivity contribution is 5.97. The number of rotatable bonds is 17. The molecule has 0 aliphatic carbocycles. The summed E-state index contributed by atoms with van der Waals surface area (Å²) in [6.45, 7) is 0.254. The van der Waals surface area contributed by atoms with Crippen LogP contribution in [0, 0.1) is 0 Å². The summed E-state index contributed by atoms with van der Waals surface area (Å²) in [7, 11) is 0. The fourth-order valence-corrected chi connectivity index (χ4v) is 5.33. The van der Waals surface area contributed by atoms with Crippen LogP contribution < -0.4 is 38.9 Å². The van der Waals surface area contributed by atoms with Crippen LogP contribution in [-0.4, -0.2) is 81.3 Å². The zero-order chi connectivity index (χ0) is 34.8. The van der Waals surface area contributed by atoms with E-state index in [0.29, 0.717) is 17.5 Å². The Morgan fingerprint density at radius 2 is 1.23 bits per heavy atom. The summed E-state index contributed by atoms with van der Waals surface area (Å²) < 4.78 is 0. The predicted molar refractivity (Wildman–Crippen MR) is 179 cm³/mol. The molecule has 16 nitrogen and oxygen atoms in total. The highest BCUT2D eigenvalue weighted by Crippen LogP contribution is 2.21. The lowest BCUT2D eigenvalue weighted by Gasteiger charge is -2.25. The van der Waals surface area contributed by atoms with Crippen LogP contribution in [0.25, 0.3) is 21.8 Å². The molecule has 0 saturated carbocycles. The first kappa shape index (κ1) is 35.0. The molecule has 4 atom stereocenters. The van der Waals surface area contributed by atoms with E-state index in [1.807, 2.05) is 42.5 Å². The Hall–Kier alpha value is -5.90. The van der Waals surface area contributed by atoms with Crippen molar-refractivity contribution in [3.63, 3.8) is 0 Å². The van der Waals surface area contributed by atoms with Crippen molar-refractivity contribution in [3.05, 3.63) is 72.1 Å². The number of nitrogens with zero attached hydrogens (tertiary/aromatic N) is 1. The summed E-state index contributed by atoms with van der Waals surface area (Å²) in [5.41, 5.74) is 25.1. The minimum atomic E-state index is -1.55. The van der Waals surface area contributed by atoms with Gasteiger partial charge in [-0.3, -0.25) is 24.2 Å². The van der Waals surface area contributed by atoms with E-state index in [4.69, 9.17) is 22.9 Å². The Morgan fingerprint density at radius 3 is 1.77 bits per heavy atom. The summed E-state index contributed by atoms with van der Waals surface area (Å²) in [6, 6.07) is 9.43. The molecule has 2 heterocycles. The molecule has 4 rings (SSSR count). The van der Waals surface area contributed by atoms with Gasteiger partial charge in [0, 0.05) is 53.6 Å². The van der Waals surface area contributed by atoms with E-state index in [1.54, 1.807) is 18.5 Å². The Balaban J connectivity index is 1.52. The third-order valence-electron chi connectivity index (χ3n) is 7.79. The molecule has 16 heteroatoms. The number of primary amides is 1. The van der Waals surface area contributed by atoms with Crippen LogP contribution in [0.15, 0.2) is 65.9 Å². The number of para-hydroxylation sites is 2. The number of guanidine groups is 1. The summed E-state index contributed by atoms with van der Waals surface area (Å²) in [4.78, 5) is 74.5. The maximum atomic E-state index is 13.7. The minimum absolute atomic E-state index is 0.00840. The number of aromatic amines is 2. The van der Waals surface area contributed by atoms with Crippen molar-refractivity contribution in [3.8, 4) is 0 Å². The van der Waals surface area contributed by atoms with Gasteiger partial charge in [0.15, 0.2) is 5.96 Å². The fourth-order valence-electron chi connectivity index (χ4n) is 5.33. The lowest BCUT2D eigenvalue weighted by atomic mass is 10.0. The molecule has 14 N–H and O–H groups in total. The third-order valence-corrected chi connectivity index (χ3v) is 7.79. The number of fused-ring (bicyclic) bond motifs is 2. The lowest BCUT2D eigenvalue weighted by molar-refractivity contribution is -0.142. The van der Waals surface area contributed by atoms with Crippen LogP contribution in [0.5, 0.6) is 0 Å². The molecule has 4 aromatic rings. The average molecular weight is 661 g/mol. The number of carboxylic acids is 1. The molecule has 2 aromatic heterocycles. The highest BCUT2D eigenvalue weighted by Gasteiger charge is 2.32. The van der Waals surface area contributed by atoms with E-state index in [9.17, 15) is 29.1 Å². The van der Waals surface area contributed by atoms with Crippen molar-refractivity contribution in [1.82, 2.24) is 25.9 Å². The molecule has 0 saturated heterocycles. The van der Waals surface area contributed by atoms with E-state index in [1.165, 1.54) is 0 Å². The zero-order valence-electron chi connectivity index (χ0n) is 26.1. The van der Waals surface area contributed by atoms with E-state index >= 15 is 0 Å². The quantitative estimate of drug-likeness (QED) is 0.0386. The molecule has 2 aromatic carbocycles. The summed E-state index contributed by atoms with van der Waals surface area (Å²) >= 11 is 0. The number of benzene rings is 2. The molecule has 4 amide bonds. The van der Waals surface area contributed by atoms with E-state index < -0.39 is 60.2 Å². The molecule has 0 radical (unpaired) electrons.